The van der Waals surface area contributed by atoms with Crippen molar-refractivity contribution in [2.75, 3.05) is 24.7 Å². The molecule has 2 saturated heterocycles. The van der Waals surface area contributed by atoms with Gasteiger partial charge in [0.25, 0.3) is 5.91 Å². The number of amides is 1. The average Bonchev–Trinajstić information content (AvgIpc) is 3.42. The number of para-hydroxylation sites is 1. The molecule has 0 radical (unpaired) electrons. The van der Waals surface area contributed by atoms with Crippen LogP contribution in [0.4, 0.5) is 0 Å². The van der Waals surface area contributed by atoms with Crippen molar-refractivity contribution in [3.63, 3.8) is 0 Å². The van der Waals surface area contributed by atoms with E-state index in [2.05, 4.69) is 5.10 Å². The zero-order valence-corrected chi connectivity index (χ0v) is 15.0. The molecule has 0 N–H and O–H groups in total. The van der Waals surface area contributed by atoms with Crippen LogP contribution < -0.4 is 0 Å². The Kier molecular flexibility index (Phi) is 5.08. The van der Waals surface area contributed by atoms with E-state index >= 15 is 0 Å². The minimum atomic E-state index is 0.0256. The minimum absolute atomic E-state index is 0.0256. The third-order valence-corrected chi connectivity index (χ3v) is 6.01. The third kappa shape index (κ3) is 3.75. The molecule has 1 aromatic carbocycles. The highest BCUT2D eigenvalue weighted by atomic mass is 32.2. The van der Waals surface area contributed by atoms with Crippen LogP contribution in [0.5, 0.6) is 0 Å². The van der Waals surface area contributed by atoms with Gasteiger partial charge in [-0.3, -0.25) is 4.79 Å². The van der Waals surface area contributed by atoms with Gasteiger partial charge in [-0.2, -0.15) is 16.9 Å². The van der Waals surface area contributed by atoms with Gasteiger partial charge in [-0.25, -0.2) is 4.68 Å². The summed E-state index contributed by atoms with van der Waals surface area (Å²) in [6.45, 7) is 1.50. The minimum Gasteiger partial charge on any atom is -0.376 e. The third-order valence-electron chi connectivity index (χ3n) is 4.86. The van der Waals surface area contributed by atoms with E-state index in [1.807, 2.05) is 59.3 Å². The number of carbonyl (C=O) groups excluding carboxylic acids is 1. The SMILES string of the molecule is O=C(c1ccn(-c2ccccc2)n1)N(C[C@@H]1CCCO1)[C@@H]1CCSC1. The van der Waals surface area contributed by atoms with Gasteiger partial charge in [-0.1, -0.05) is 18.2 Å². The number of hydrogen-bond donors (Lipinski definition) is 0. The highest BCUT2D eigenvalue weighted by Crippen LogP contribution is 2.25. The largest absolute Gasteiger partial charge is 0.376 e. The number of aromatic nitrogens is 2. The second kappa shape index (κ2) is 7.62. The first-order valence-corrected chi connectivity index (χ1v) is 10.1. The number of rotatable bonds is 5. The van der Waals surface area contributed by atoms with Gasteiger partial charge in [-0.15, -0.1) is 0 Å². The number of nitrogens with zero attached hydrogens (tertiary/aromatic N) is 3. The second-order valence-corrected chi connectivity index (χ2v) is 7.74. The molecule has 2 atom stereocenters. The molecule has 1 amide bonds. The van der Waals surface area contributed by atoms with Gasteiger partial charge in [0, 0.05) is 31.1 Å². The van der Waals surface area contributed by atoms with Crippen molar-refractivity contribution in [1.82, 2.24) is 14.7 Å². The molecule has 2 aliphatic heterocycles. The van der Waals surface area contributed by atoms with Gasteiger partial charge >= 0.3 is 0 Å². The quantitative estimate of drug-likeness (QED) is 0.825. The molecule has 3 heterocycles. The predicted molar refractivity (Wildman–Crippen MR) is 99.3 cm³/mol. The van der Waals surface area contributed by atoms with Crippen molar-refractivity contribution >= 4 is 17.7 Å². The fourth-order valence-electron chi connectivity index (χ4n) is 3.48. The van der Waals surface area contributed by atoms with Crippen molar-refractivity contribution in [2.24, 2.45) is 0 Å². The van der Waals surface area contributed by atoms with E-state index in [0.29, 0.717) is 18.3 Å². The lowest BCUT2D eigenvalue weighted by Crippen LogP contribution is -2.44. The van der Waals surface area contributed by atoms with E-state index in [-0.39, 0.29) is 12.0 Å². The van der Waals surface area contributed by atoms with Crippen LogP contribution in [-0.4, -0.2) is 57.4 Å². The lowest BCUT2D eigenvalue weighted by Gasteiger charge is -2.30. The lowest BCUT2D eigenvalue weighted by molar-refractivity contribution is 0.0437. The standard InChI is InChI=1S/C19H23N3O2S/c23-19(18-8-10-22(20-18)15-5-2-1-3-6-15)21(16-9-12-25-14-16)13-17-7-4-11-24-17/h1-3,5-6,8,10,16-17H,4,7,9,11-14H2/t16-,17+/m1/s1. The molecule has 6 heteroatoms. The van der Waals surface area contributed by atoms with Crippen molar-refractivity contribution < 1.29 is 9.53 Å². The molecule has 2 fully saturated rings. The zero-order valence-electron chi connectivity index (χ0n) is 14.2. The molecule has 0 unspecified atom stereocenters. The summed E-state index contributed by atoms with van der Waals surface area (Å²) in [5, 5.41) is 4.53. The summed E-state index contributed by atoms with van der Waals surface area (Å²) in [5.41, 5.74) is 1.47. The monoisotopic (exact) mass is 357 g/mol. The number of carbonyl (C=O) groups is 1. The summed E-state index contributed by atoms with van der Waals surface area (Å²) in [6, 6.07) is 12.0. The number of hydrogen-bond acceptors (Lipinski definition) is 4. The maximum absolute atomic E-state index is 13.1. The maximum Gasteiger partial charge on any atom is 0.274 e. The van der Waals surface area contributed by atoms with Gasteiger partial charge in [0.15, 0.2) is 5.69 Å². The Balaban J connectivity index is 1.54. The topological polar surface area (TPSA) is 47.4 Å². The van der Waals surface area contributed by atoms with Crippen LogP contribution in [0.15, 0.2) is 42.6 Å². The van der Waals surface area contributed by atoms with Gasteiger partial charge in [0.05, 0.1) is 11.8 Å². The van der Waals surface area contributed by atoms with E-state index < -0.39 is 0 Å². The molecule has 0 spiro atoms. The Labute approximate surface area is 152 Å². The van der Waals surface area contributed by atoms with Crippen LogP contribution in [0.2, 0.25) is 0 Å². The van der Waals surface area contributed by atoms with Gasteiger partial charge in [-0.05, 0) is 43.2 Å². The summed E-state index contributed by atoms with van der Waals surface area (Å²) in [7, 11) is 0. The Morgan fingerprint density at radius 1 is 1.28 bits per heavy atom. The molecular formula is C19H23N3O2S. The summed E-state index contributed by atoms with van der Waals surface area (Å²) in [4.78, 5) is 15.2. The molecule has 4 rings (SSSR count). The molecule has 132 valence electrons. The van der Waals surface area contributed by atoms with Crippen molar-refractivity contribution in [1.29, 1.82) is 0 Å². The van der Waals surface area contributed by atoms with E-state index in [1.165, 1.54) is 0 Å². The van der Waals surface area contributed by atoms with Crippen LogP contribution in [0.1, 0.15) is 29.8 Å². The number of benzene rings is 1. The van der Waals surface area contributed by atoms with Crippen molar-refractivity contribution in [2.45, 2.75) is 31.4 Å². The fraction of sp³-hybridized carbons (Fsp3) is 0.474. The van der Waals surface area contributed by atoms with Crippen LogP contribution in [-0.2, 0) is 4.74 Å². The van der Waals surface area contributed by atoms with Crippen LogP contribution in [0.25, 0.3) is 5.69 Å². The lowest BCUT2D eigenvalue weighted by atomic mass is 10.1. The summed E-state index contributed by atoms with van der Waals surface area (Å²) in [6.07, 6.45) is 5.22. The number of thioether (sulfide) groups is 1. The van der Waals surface area contributed by atoms with Gasteiger partial charge in [0.1, 0.15) is 0 Å². The number of ether oxygens (including phenoxy) is 1. The maximum atomic E-state index is 13.1. The van der Waals surface area contributed by atoms with Crippen LogP contribution in [0, 0.1) is 0 Å². The van der Waals surface area contributed by atoms with E-state index in [4.69, 9.17) is 4.74 Å². The van der Waals surface area contributed by atoms with Crippen LogP contribution >= 0.6 is 11.8 Å². The van der Waals surface area contributed by atoms with E-state index in [1.54, 1.807) is 4.68 Å². The van der Waals surface area contributed by atoms with Gasteiger partial charge in [0.2, 0.25) is 0 Å². The molecule has 0 aliphatic carbocycles. The Hall–Kier alpha value is -1.79. The first kappa shape index (κ1) is 16.7. The average molecular weight is 357 g/mol. The van der Waals surface area contributed by atoms with Crippen LogP contribution in [0.3, 0.4) is 0 Å². The van der Waals surface area contributed by atoms with Crippen molar-refractivity contribution in [3.05, 3.63) is 48.3 Å². The van der Waals surface area contributed by atoms with E-state index in [9.17, 15) is 4.79 Å². The normalized spacial score (nSPS) is 23.0. The van der Waals surface area contributed by atoms with Crippen molar-refractivity contribution in [3.8, 4) is 5.69 Å². The Morgan fingerprint density at radius 3 is 2.88 bits per heavy atom. The molecule has 2 aromatic rings. The molecular weight excluding hydrogens is 334 g/mol. The highest BCUT2D eigenvalue weighted by Gasteiger charge is 2.32. The molecule has 25 heavy (non-hydrogen) atoms. The molecule has 0 saturated carbocycles. The predicted octanol–water partition coefficient (Wildman–Crippen LogP) is 3.00. The summed E-state index contributed by atoms with van der Waals surface area (Å²) < 4.78 is 7.54. The van der Waals surface area contributed by atoms with E-state index in [0.717, 1.165) is 43.1 Å². The molecule has 2 aliphatic rings. The zero-order chi connectivity index (χ0) is 17.1. The highest BCUT2D eigenvalue weighted by molar-refractivity contribution is 7.99. The Morgan fingerprint density at radius 2 is 2.16 bits per heavy atom. The smallest absolute Gasteiger partial charge is 0.274 e. The van der Waals surface area contributed by atoms with Gasteiger partial charge < -0.3 is 9.64 Å². The summed E-state index contributed by atoms with van der Waals surface area (Å²) in [5.74, 6) is 2.16. The fourth-order valence-corrected chi connectivity index (χ4v) is 4.71. The first-order valence-electron chi connectivity index (χ1n) is 8.92. The molecule has 5 nitrogen and oxygen atoms in total. The second-order valence-electron chi connectivity index (χ2n) is 6.59. The summed E-state index contributed by atoms with van der Waals surface area (Å²) >= 11 is 1.92. The molecule has 0 bridgehead atoms. The molecule has 1 aromatic heterocycles. The Bertz CT molecular complexity index is 706. The first-order chi connectivity index (χ1) is 12.3.